The molecule has 0 aromatic rings. The van der Waals surface area contributed by atoms with Crippen molar-refractivity contribution in [3.63, 3.8) is 0 Å². The number of rotatable bonds is 7. The smallest absolute Gasteiger partial charge is 0.279 e. The molecule has 0 heterocycles. The van der Waals surface area contributed by atoms with E-state index < -0.39 is 10.2 Å². The molecule has 8 heteroatoms. The Morgan fingerprint density at radius 3 is 2.65 bits per heavy atom. The average Bonchev–Trinajstić information content (AvgIpc) is 3.06. The van der Waals surface area contributed by atoms with Crippen LogP contribution in [-0.2, 0) is 10.2 Å². The summed E-state index contributed by atoms with van der Waals surface area (Å²) in [6.07, 6.45) is 1.79. The molecule has 0 spiro atoms. The largest absolute Gasteiger partial charge is 0.409 e. The number of nitrogens with one attached hydrogen (secondary N) is 1. The van der Waals surface area contributed by atoms with Crippen LogP contribution in [0.2, 0.25) is 0 Å². The van der Waals surface area contributed by atoms with Gasteiger partial charge >= 0.3 is 0 Å². The van der Waals surface area contributed by atoms with Gasteiger partial charge in [-0.25, -0.2) is 0 Å². The van der Waals surface area contributed by atoms with Gasteiger partial charge in [0, 0.05) is 25.0 Å². The third-order valence-electron chi connectivity index (χ3n) is 2.68. The molecule has 100 valence electrons. The van der Waals surface area contributed by atoms with E-state index >= 15 is 0 Å². The van der Waals surface area contributed by atoms with Crippen LogP contribution in [0.4, 0.5) is 0 Å². The molecule has 1 unspecified atom stereocenters. The van der Waals surface area contributed by atoms with Crippen LogP contribution in [-0.4, -0.2) is 42.9 Å². The van der Waals surface area contributed by atoms with Crippen molar-refractivity contribution in [1.82, 2.24) is 9.03 Å². The third kappa shape index (κ3) is 4.14. The Morgan fingerprint density at radius 1 is 1.65 bits per heavy atom. The summed E-state index contributed by atoms with van der Waals surface area (Å²) < 4.78 is 27.8. The lowest BCUT2D eigenvalue weighted by Gasteiger charge is -2.23. The lowest BCUT2D eigenvalue weighted by atomic mass is 10.1. The molecule has 1 atom stereocenters. The molecule has 0 amide bonds. The summed E-state index contributed by atoms with van der Waals surface area (Å²) in [5, 5.41) is 11.4. The topological polar surface area (TPSA) is 108 Å². The molecule has 0 aromatic carbocycles. The van der Waals surface area contributed by atoms with Crippen LogP contribution in [0, 0.1) is 5.92 Å². The average molecular weight is 264 g/mol. The fourth-order valence-corrected chi connectivity index (χ4v) is 2.95. The van der Waals surface area contributed by atoms with Crippen LogP contribution in [0.5, 0.6) is 0 Å². The molecule has 0 bridgehead atoms. The van der Waals surface area contributed by atoms with Crippen molar-refractivity contribution in [3.05, 3.63) is 0 Å². The molecule has 1 fully saturated rings. The number of amidine groups is 1. The van der Waals surface area contributed by atoms with Gasteiger partial charge in [-0.05, 0) is 12.8 Å². The van der Waals surface area contributed by atoms with E-state index in [1.54, 1.807) is 13.8 Å². The Hall–Kier alpha value is -0.860. The van der Waals surface area contributed by atoms with E-state index in [0.717, 1.165) is 12.8 Å². The Kier molecular flexibility index (Phi) is 4.72. The molecule has 7 nitrogen and oxygen atoms in total. The normalized spacial score (nSPS) is 19.6. The molecular formula is C9H20N4O3S. The van der Waals surface area contributed by atoms with E-state index in [1.165, 1.54) is 4.31 Å². The number of nitrogens with zero attached hydrogens (tertiary/aromatic N) is 2. The molecule has 0 radical (unpaired) electrons. The molecule has 1 saturated carbocycles. The quantitative estimate of drug-likeness (QED) is 0.253. The molecule has 4 N–H and O–H groups in total. The van der Waals surface area contributed by atoms with Crippen LogP contribution >= 0.6 is 0 Å². The standard InChI is InChI=1S/C9H20N4O3S/c1-3-13(6-7(2)9(10)11-14)17(15,16)12-8-4-5-8/h7-8,12,14H,3-6H2,1-2H3,(H2,10,11). The van der Waals surface area contributed by atoms with Crippen LogP contribution in [0.1, 0.15) is 26.7 Å². The zero-order valence-corrected chi connectivity index (χ0v) is 10.9. The Labute approximate surface area is 102 Å². The van der Waals surface area contributed by atoms with Crippen LogP contribution in [0.15, 0.2) is 5.16 Å². The van der Waals surface area contributed by atoms with E-state index in [9.17, 15) is 8.42 Å². The van der Waals surface area contributed by atoms with E-state index in [0.29, 0.717) is 6.54 Å². The third-order valence-corrected chi connectivity index (χ3v) is 4.40. The first-order valence-electron chi connectivity index (χ1n) is 5.65. The monoisotopic (exact) mass is 264 g/mol. The van der Waals surface area contributed by atoms with E-state index in [1.807, 2.05) is 0 Å². The summed E-state index contributed by atoms with van der Waals surface area (Å²) in [4.78, 5) is 0. The van der Waals surface area contributed by atoms with Gasteiger partial charge in [0.15, 0.2) is 0 Å². The molecule has 1 aliphatic carbocycles. The van der Waals surface area contributed by atoms with Crippen molar-refractivity contribution in [2.75, 3.05) is 13.1 Å². The maximum Gasteiger partial charge on any atom is 0.279 e. The Bertz CT molecular complexity index is 378. The van der Waals surface area contributed by atoms with Gasteiger partial charge in [-0.1, -0.05) is 19.0 Å². The highest BCUT2D eigenvalue weighted by molar-refractivity contribution is 7.87. The fourth-order valence-electron chi connectivity index (χ4n) is 1.38. The SMILES string of the molecule is CCN(CC(C)C(N)=NO)S(=O)(=O)NC1CC1. The molecule has 0 saturated heterocycles. The van der Waals surface area contributed by atoms with Gasteiger partial charge in [-0.15, -0.1) is 0 Å². The summed E-state index contributed by atoms with van der Waals surface area (Å²) in [5.74, 6) is -0.291. The molecule has 1 rings (SSSR count). The molecule has 0 aromatic heterocycles. The minimum atomic E-state index is -3.45. The van der Waals surface area contributed by atoms with Gasteiger partial charge in [0.2, 0.25) is 0 Å². The van der Waals surface area contributed by atoms with Gasteiger partial charge in [0.05, 0.1) is 0 Å². The van der Waals surface area contributed by atoms with Crippen molar-refractivity contribution in [3.8, 4) is 0 Å². The van der Waals surface area contributed by atoms with Gasteiger partial charge < -0.3 is 10.9 Å². The predicted octanol–water partition coefficient (Wildman–Crippen LogP) is -0.312. The maximum absolute atomic E-state index is 11.9. The Balaban J connectivity index is 2.63. The first kappa shape index (κ1) is 14.2. The summed E-state index contributed by atoms with van der Waals surface area (Å²) in [7, 11) is -3.45. The van der Waals surface area contributed by atoms with Crippen LogP contribution in [0.25, 0.3) is 0 Å². The highest BCUT2D eigenvalue weighted by Gasteiger charge is 2.31. The highest BCUT2D eigenvalue weighted by Crippen LogP contribution is 2.20. The van der Waals surface area contributed by atoms with Crippen molar-refractivity contribution in [2.45, 2.75) is 32.7 Å². The molecule has 17 heavy (non-hydrogen) atoms. The highest BCUT2D eigenvalue weighted by atomic mass is 32.2. The molecule has 1 aliphatic rings. The number of oxime groups is 1. The van der Waals surface area contributed by atoms with Gasteiger partial charge in [0.1, 0.15) is 5.84 Å². The minimum Gasteiger partial charge on any atom is -0.409 e. The van der Waals surface area contributed by atoms with Crippen molar-refractivity contribution >= 4 is 16.0 Å². The van der Waals surface area contributed by atoms with Gasteiger partial charge in [-0.2, -0.15) is 17.4 Å². The summed E-state index contributed by atoms with van der Waals surface area (Å²) in [6.45, 7) is 4.02. The molecular weight excluding hydrogens is 244 g/mol. The zero-order chi connectivity index (χ0) is 13.1. The second-order valence-corrected chi connectivity index (χ2v) is 5.98. The van der Waals surface area contributed by atoms with Crippen molar-refractivity contribution in [1.29, 1.82) is 0 Å². The van der Waals surface area contributed by atoms with Crippen molar-refractivity contribution in [2.24, 2.45) is 16.8 Å². The number of nitrogens with two attached hydrogens (primary N) is 1. The van der Waals surface area contributed by atoms with Gasteiger partial charge in [-0.3, -0.25) is 0 Å². The van der Waals surface area contributed by atoms with E-state index in [4.69, 9.17) is 10.9 Å². The number of hydrogen-bond donors (Lipinski definition) is 3. The van der Waals surface area contributed by atoms with Crippen LogP contribution < -0.4 is 10.5 Å². The molecule has 0 aliphatic heterocycles. The summed E-state index contributed by atoms with van der Waals surface area (Å²) >= 11 is 0. The Morgan fingerprint density at radius 2 is 2.24 bits per heavy atom. The first-order valence-corrected chi connectivity index (χ1v) is 7.09. The van der Waals surface area contributed by atoms with Crippen molar-refractivity contribution < 1.29 is 13.6 Å². The fraction of sp³-hybridized carbons (Fsp3) is 0.889. The lowest BCUT2D eigenvalue weighted by Crippen LogP contribution is -2.45. The second-order valence-electron chi connectivity index (χ2n) is 4.27. The predicted molar refractivity (Wildman–Crippen MR) is 64.9 cm³/mol. The zero-order valence-electron chi connectivity index (χ0n) is 10.1. The van der Waals surface area contributed by atoms with E-state index in [-0.39, 0.29) is 24.3 Å². The van der Waals surface area contributed by atoms with Crippen LogP contribution in [0.3, 0.4) is 0 Å². The van der Waals surface area contributed by atoms with E-state index in [2.05, 4.69) is 9.88 Å². The number of hydrogen-bond acceptors (Lipinski definition) is 4. The second kappa shape index (κ2) is 5.65. The lowest BCUT2D eigenvalue weighted by molar-refractivity contribution is 0.311. The summed E-state index contributed by atoms with van der Waals surface area (Å²) in [5.41, 5.74) is 5.43. The van der Waals surface area contributed by atoms with Gasteiger partial charge in [0.25, 0.3) is 10.2 Å². The maximum atomic E-state index is 11.9. The minimum absolute atomic E-state index is 0.0325. The summed E-state index contributed by atoms with van der Waals surface area (Å²) in [6, 6.07) is 0.0770. The first-order chi connectivity index (χ1) is 7.90.